The molecule has 1 aromatic rings. The summed E-state index contributed by atoms with van der Waals surface area (Å²) < 4.78 is 0. The number of likely N-dealkylation sites (N-methyl/N-ethyl adjacent to an activating group) is 1. The molecule has 0 bridgehead atoms. The number of hydrogen-bond acceptors (Lipinski definition) is 3. The van der Waals surface area contributed by atoms with E-state index < -0.39 is 0 Å². The highest BCUT2D eigenvalue weighted by Gasteiger charge is 2.26. The van der Waals surface area contributed by atoms with Gasteiger partial charge in [-0.15, -0.1) is 0 Å². The molecule has 0 amide bonds. The van der Waals surface area contributed by atoms with E-state index in [1.807, 2.05) is 18.5 Å². The lowest BCUT2D eigenvalue weighted by atomic mass is 9.96. The van der Waals surface area contributed by atoms with Gasteiger partial charge in [-0.25, -0.2) is 0 Å². The van der Waals surface area contributed by atoms with Crippen LogP contribution < -0.4 is 5.32 Å². The smallest absolute Gasteiger partial charge is 0.0312 e. The standard InChI is InChI=1S/C14H23N3/c1-12(15-2)14-7-3-4-9-17(14)11-13-6-5-8-16-10-13/h5-6,8,10,12,14-15H,3-4,7,9,11H2,1-2H3. The van der Waals surface area contributed by atoms with Crippen LogP contribution in [0.4, 0.5) is 0 Å². The predicted octanol–water partition coefficient (Wildman–Crippen LogP) is 2.04. The lowest BCUT2D eigenvalue weighted by Crippen LogP contribution is -2.49. The summed E-state index contributed by atoms with van der Waals surface area (Å²) in [6.45, 7) is 4.53. The first-order valence-corrected chi connectivity index (χ1v) is 6.61. The molecule has 0 radical (unpaired) electrons. The van der Waals surface area contributed by atoms with E-state index in [1.165, 1.54) is 31.4 Å². The molecule has 1 saturated heterocycles. The van der Waals surface area contributed by atoms with Gasteiger partial charge in [0.1, 0.15) is 0 Å². The van der Waals surface area contributed by atoms with E-state index in [1.54, 1.807) is 0 Å². The number of hydrogen-bond donors (Lipinski definition) is 1. The third-order valence-corrected chi connectivity index (χ3v) is 3.81. The zero-order chi connectivity index (χ0) is 12.1. The summed E-state index contributed by atoms with van der Waals surface area (Å²) >= 11 is 0. The lowest BCUT2D eigenvalue weighted by Gasteiger charge is -2.39. The second-order valence-corrected chi connectivity index (χ2v) is 4.97. The molecule has 2 heterocycles. The van der Waals surface area contributed by atoms with E-state index in [-0.39, 0.29) is 0 Å². The van der Waals surface area contributed by atoms with E-state index in [0.29, 0.717) is 12.1 Å². The van der Waals surface area contributed by atoms with Crippen molar-refractivity contribution in [3.05, 3.63) is 30.1 Å². The van der Waals surface area contributed by atoms with Crippen LogP contribution in [0.1, 0.15) is 31.7 Å². The highest BCUT2D eigenvalue weighted by Crippen LogP contribution is 2.21. The highest BCUT2D eigenvalue weighted by atomic mass is 15.2. The maximum atomic E-state index is 4.20. The van der Waals surface area contributed by atoms with Crippen molar-refractivity contribution in [1.82, 2.24) is 15.2 Å². The second-order valence-electron chi connectivity index (χ2n) is 4.97. The van der Waals surface area contributed by atoms with Gasteiger partial charge in [-0.3, -0.25) is 9.88 Å². The molecule has 0 aliphatic carbocycles. The summed E-state index contributed by atoms with van der Waals surface area (Å²) in [6.07, 6.45) is 7.82. The van der Waals surface area contributed by atoms with Crippen LogP contribution in [0.25, 0.3) is 0 Å². The van der Waals surface area contributed by atoms with Gasteiger partial charge in [-0.05, 0) is 45.0 Å². The predicted molar refractivity (Wildman–Crippen MR) is 70.8 cm³/mol. The van der Waals surface area contributed by atoms with Crippen molar-refractivity contribution < 1.29 is 0 Å². The molecule has 1 N–H and O–H groups in total. The summed E-state index contributed by atoms with van der Waals surface area (Å²) in [6, 6.07) is 5.42. The minimum absolute atomic E-state index is 0.562. The largest absolute Gasteiger partial charge is 0.316 e. The van der Waals surface area contributed by atoms with Crippen LogP contribution >= 0.6 is 0 Å². The first-order chi connectivity index (χ1) is 8.31. The van der Waals surface area contributed by atoms with Crippen molar-refractivity contribution in [2.45, 2.75) is 44.8 Å². The third kappa shape index (κ3) is 3.27. The molecule has 0 spiro atoms. The van der Waals surface area contributed by atoms with Gasteiger partial charge >= 0.3 is 0 Å². The number of nitrogens with one attached hydrogen (secondary N) is 1. The quantitative estimate of drug-likeness (QED) is 0.862. The summed E-state index contributed by atoms with van der Waals surface area (Å²) in [5.74, 6) is 0. The normalized spacial score (nSPS) is 23.5. The highest BCUT2D eigenvalue weighted by molar-refractivity contribution is 5.08. The van der Waals surface area contributed by atoms with Gasteiger partial charge in [0.15, 0.2) is 0 Å². The molecule has 2 unspecified atom stereocenters. The number of pyridine rings is 1. The SMILES string of the molecule is CNC(C)C1CCCCN1Cc1cccnc1. The number of rotatable bonds is 4. The Morgan fingerprint density at radius 2 is 2.41 bits per heavy atom. The Balaban J connectivity index is 2.01. The van der Waals surface area contributed by atoms with Crippen LogP contribution in [0.3, 0.4) is 0 Å². The first-order valence-electron chi connectivity index (χ1n) is 6.61. The van der Waals surface area contributed by atoms with Crippen LogP contribution in [0.15, 0.2) is 24.5 Å². The number of piperidine rings is 1. The molecule has 3 heteroatoms. The van der Waals surface area contributed by atoms with Crippen molar-refractivity contribution in [3.8, 4) is 0 Å². The van der Waals surface area contributed by atoms with E-state index >= 15 is 0 Å². The summed E-state index contributed by atoms with van der Waals surface area (Å²) in [5, 5.41) is 3.39. The molecule has 1 aromatic heterocycles. The van der Waals surface area contributed by atoms with Crippen LogP contribution in [-0.2, 0) is 6.54 Å². The molecule has 1 fully saturated rings. The lowest BCUT2D eigenvalue weighted by molar-refractivity contribution is 0.114. The second kappa shape index (κ2) is 6.12. The summed E-state index contributed by atoms with van der Waals surface area (Å²) in [4.78, 5) is 6.80. The molecule has 0 saturated carbocycles. The molecule has 2 atom stereocenters. The molecule has 94 valence electrons. The zero-order valence-corrected chi connectivity index (χ0v) is 10.9. The van der Waals surface area contributed by atoms with Crippen molar-refractivity contribution in [1.29, 1.82) is 0 Å². The Bertz CT molecular complexity index is 325. The fourth-order valence-corrected chi connectivity index (χ4v) is 2.70. The van der Waals surface area contributed by atoms with Crippen LogP contribution in [0.2, 0.25) is 0 Å². The van der Waals surface area contributed by atoms with Gasteiger partial charge in [0, 0.05) is 31.0 Å². The average molecular weight is 233 g/mol. The molecule has 1 aliphatic heterocycles. The Morgan fingerprint density at radius 3 is 3.12 bits per heavy atom. The maximum absolute atomic E-state index is 4.20. The molecular formula is C14H23N3. The third-order valence-electron chi connectivity index (χ3n) is 3.81. The number of nitrogens with zero attached hydrogens (tertiary/aromatic N) is 2. The Morgan fingerprint density at radius 1 is 1.53 bits per heavy atom. The van der Waals surface area contributed by atoms with Crippen molar-refractivity contribution in [2.24, 2.45) is 0 Å². The minimum Gasteiger partial charge on any atom is -0.316 e. The van der Waals surface area contributed by atoms with Crippen molar-refractivity contribution >= 4 is 0 Å². The Kier molecular flexibility index (Phi) is 4.51. The van der Waals surface area contributed by atoms with Crippen LogP contribution in [0.5, 0.6) is 0 Å². The van der Waals surface area contributed by atoms with Gasteiger partial charge in [0.2, 0.25) is 0 Å². The van der Waals surface area contributed by atoms with Crippen molar-refractivity contribution in [2.75, 3.05) is 13.6 Å². The zero-order valence-electron chi connectivity index (χ0n) is 10.9. The summed E-state index contributed by atoms with van der Waals surface area (Å²) in [7, 11) is 2.06. The van der Waals surface area contributed by atoms with E-state index in [9.17, 15) is 0 Å². The van der Waals surface area contributed by atoms with E-state index in [4.69, 9.17) is 0 Å². The van der Waals surface area contributed by atoms with Crippen LogP contribution in [0, 0.1) is 0 Å². The maximum Gasteiger partial charge on any atom is 0.0312 e. The fraction of sp³-hybridized carbons (Fsp3) is 0.643. The number of aromatic nitrogens is 1. The molecule has 3 nitrogen and oxygen atoms in total. The van der Waals surface area contributed by atoms with E-state index in [2.05, 4.69) is 35.2 Å². The van der Waals surface area contributed by atoms with Gasteiger partial charge in [-0.2, -0.15) is 0 Å². The fourth-order valence-electron chi connectivity index (χ4n) is 2.70. The van der Waals surface area contributed by atoms with Gasteiger partial charge in [0.05, 0.1) is 0 Å². The topological polar surface area (TPSA) is 28.2 Å². The first kappa shape index (κ1) is 12.5. The summed E-state index contributed by atoms with van der Waals surface area (Å²) in [5.41, 5.74) is 1.32. The minimum atomic E-state index is 0.562. The molecule has 2 rings (SSSR count). The molecule has 1 aliphatic rings. The molecule has 0 aromatic carbocycles. The van der Waals surface area contributed by atoms with Gasteiger partial charge in [-0.1, -0.05) is 12.5 Å². The van der Waals surface area contributed by atoms with Gasteiger partial charge in [0.25, 0.3) is 0 Å². The Labute approximate surface area is 104 Å². The average Bonchev–Trinajstić information content (AvgIpc) is 2.40. The van der Waals surface area contributed by atoms with Crippen LogP contribution in [-0.4, -0.2) is 35.6 Å². The van der Waals surface area contributed by atoms with Gasteiger partial charge < -0.3 is 5.32 Å². The Hall–Kier alpha value is -0.930. The molecular weight excluding hydrogens is 210 g/mol. The van der Waals surface area contributed by atoms with E-state index in [0.717, 1.165) is 6.54 Å². The van der Waals surface area contributed by atoms with Crippen molar-refractivity contribution in [3.63, 3.8) is 0 Å². The number of likely N-dealkylation sites (tertiary alicyclic amines) is 1. The molecule has 17 heavy (non-hydrogen) atoms. The monoisotopic (exact) mass is 233 g/mol.